The van der Waals surface area contributed by atoms with Crippen LogP contribution in [0.15, 0.2) is 54.9 Å². The number of pyridine rings is 1. The number of aromatic nitrogens is 2. The molecule has 2 aromatic heterocycles. The van der Waals surface area contributed by atoms with E-state index in [-0.39, 0.29) is 23.2 Å². The summed E-state index contributed by atoms with van der Waals surface area (Å²) in [7, 11) is 3.81. The first-order valence-electron chi connectivity index (χ1n) is 11.2. The SMILES string of the molecule is CCc1cnc(NC(=O)C(C)c2cccc(-c3cnc(NC(=O)C=CCN(C)C)c(C#N)c3)c2)s1. The quantitative estimate of drug-likeness (QED) is 0.431. The minimum Gasteiger partial charge on any atom is -0.306 e. The molecule has 9 heteroatoms. The summed E-state index contributed by atoms with van der Waals surface area (Å²) in [5.74, 6) is -0.693. The van der Waals surface area contributed by atoms with Crippen molar-refractivity contribution in [3.63, 3.8) is 0 Å². The number of aryl methyl sites for hydroxylation is 1. The van der Waals surface area contributed by atoms with Gasteiger partial charge in [-0.05, 0) is 44.6 Å². The molecule has 0 radical (unpaired) electrons. The Morgan fingerprint density at radius 2 is 1.97 bits per heavy atom. The monoisotopic (exact) mass is 488 g/mol. The number of benzene rings is 1. The fourth-order valence-electron chi connectivity index (χ4n) is 3.22. The molecule has 1 atom stereocenters. The van der Waals surface area contributed by atoms with Crippen molar-refractivity contribution in [3.8, 4) is 17.2 Å². The Balaban J connectivity index is 1.75. The van der Waals surface area contributed by atoms with Crippen molar-refractivity contribution in [3.05, 3.63) is 70.9 Å². The number of likely N-dealkylation sites (N-methyl/N-ethyl adjacent to an activating group) is 1. The van der Waals surface area contributed by atoms with Gasteiger partial charge in [0.2, 0.25) is 11.8 Å². The third kappa shape index (κ3) is 7.06. The van der Waals surface area contributed by atoms with Gasteiger partial charge in [-0.3, -0.25) is 9.59 Å². The number of hydrogen-bond donors (Lipinski definition) is 2. The Kier molecular flexibility index (Phi) is 8.84. The molecule has 0 spiro atoms. The first kappa shape index (κ1) is 25.7. The Labute approximate surface area is 209 Å². The molecule has 1 unspecified atom stereocenters. The van der Waals surface area contributed by atoms with Gasteiger partial charge in [-0.25, -0.2) is 9.97 Å². The Hall–Kier alpha value is -3.87. The second-order valence-electron chi connectivity index (χ2n) is 8.21. The molecule has 0 aliphatic rings. The lowest BCUT2D eigenvalue weighted by Gasteiger charge is -2.13. The standard InChI is InChI=1S/C26H28N6O2S/c1-5-22-16-29-26(35-22)31-25(34)17(2)18-8-6-9-19(12-18)21-13-20(14-27)24(28-15-21)30-23(33)10-7-11-32(3)4/h6-10,12-13,15-17H,5,11H2,1-4H3,(H,28,30,33)(H,29,31,34). The van der Waals surface area contributed by atoms with Crippen LogP contribution in [-0.2, 0) is 16.0 Å². The Morgan fingerprint density at radius 3 is 2.66 bits per heavy atom. The van der Waals surface area contributed by atoms with Crippen LogP contribution in [-0.4, -0.2) is 47.3 Å². The van der Waals surface area contributed by atoms with Crippen LogP contribution in [0, 0.1) is 11.3 Å². The van der Waals surface area contributed by atoms with Crippen LogP contribution < -0.4 is 10.6 Å². The molecule has 0 aliphatic heterocycles. The van der Waals surface area contributed by atoms with Gasteiger partial charge in [0.1, 0.15) is 6.07 Å². The summed E-state index contributed by atoms with van der Waals surface area (Å²) in [4.78, 5) is 36.5. The molecule has 3 rings (SSSR count). The molecule has 0 saturated heterocycles. The van der Waals surface area contributed by atoms with E-state index in [0.29, 0.717) is 17.2 Å². The van der Waals surface area contributed by atoms with Gasteiger partial charge in [0.25, 0.3) is 0 Å². The van der Waals surface area contributed by atoms with E-state index in [2.05, 4.69) is 26.7 Å². The number of hydrogen-bond acceptors (Lipinski definition) is 7. The predicted octanol–water partition coefficient (Wildman–Crippen LogP) is 4.44. The second kappa shape index (κ2) is 12.0. The fraction of sp³-hybridized carbons (Fsp3) is 0.269. The smallest absolute Gasteiger partial charge is 0.249 e. The van der Waals surface area contributed by atoms with Crippen molar-refractivity contribution in [2.45, 2.75) is 26.2 Å². The highest BCUT2D eigenvalue weighted by Crippen LogP contribution is 2.27. The summed E-state index contributed by atoms with van der Waals surface area (Å²) in [6, 6.07) is 11.3. The van der Waals surface area contributed by atoms with Gasteiger partial charge in [-0.2, -0.15) is 5.26 Å². The predicted molar refractivity (Wildman–Crippen MR) is 139 cm³/mol. The van der Waals surface area contributed by atoms with Gasteiger partial charge in [-0.15, -0.1) is 11.3 Å². The molecule has 0 bridgehead atoms. The highest BCUT2D eigenvalue weighted by molar-refractivity contribution is 7.15. The molecular formula is C26H28N6O2S. The van der Waals surface area contributed by atoms with Gasteiger partial charge in [0.05, 0.1) is 11.5 Å². The van der Waals surface area contributed by atoms with Crippen LogP contribution in [0.3, 0.4) is 0 Å². The third-order valence-electron chi connectivity index (χ3n) is 5.23. The van der Waals surface area contributed by atoms with Crippen molar-refractivity contribution in [2.24, 2.45) is 0 Å². The van der Waals surface area contributed by atoms with Gasteiger partial charge in [-0.1, -0.05) is 37.3 Å². The Bertz CT molecular complexity index is 1270. The van der Waals surface area contributed by atoms with Crippen LogP contribution in [0.4, 0.5) is 10.9 Å². The molecule has 0 saturated carbocycles. The average Bonchev–Trinajstić information content (AvgIpc) is 3.31. The summed E-state index contributed by atoms with van der Waals surface area (Å²) >= 11 is 1.47. The average molecular weight is 489 g/mol. The minimum atomic E-state index is -0.403. The summed E-state index contributed by atoms with van der Waals surface area (Å²) in [6.07, 6.45) is 7.40. The molecule has 0 aliphatic carbocycles. The zero-order valence-electron chi connectivity index (χ0n) is 20.2. The summed E-state index contributed by atoms with van der Waals surface area (Å²) in [6.45, 7) is 4.51. The van der Waals surface area contributed by atoms with Crippen LogP contribution in [0.1, 0.15) is 35.8 Å². The minimum absolute atomic E-state index is 0.143. The number of rotatable bonds is 9. The number of carbonyl (C=O) groups is 2. The number of thiazole rings is 1. The Morgan fingerprint density at radius 1 is 1.17 bits per heavy atom. The molecule has 8 nitrogen and oxygen atoms in total. The summed E-state index contributed by atoms with van der Waals surface area (Å²) < 4.78 is 0. The first-order valence-corrected chi connectivity index (χ1v) is 12.0. The molecule has 2 amide bonds. The van der Waals surface area contributed by atoms with E-state index in [0.717, 1.165) is 22.4 Å². The van der Waals surface area contributed by atoms with E-state index in [4.69, 9.17) is 0 Å². The maximum Gasteiger partial charge on any atom is 0.249 e. The molecule has 2 heterocycles. The molecule has 1 aromatic carbocycles. The topological polar surface area (TPSA) is 111 Å². The molecule has 0 fully saturated rings. The highest BCUT2D eigenvalue weighted by Gasteiger charge is 2.18. The van der Waals surface area contributed by atoms with Crippen molar-refractivity contribution in [2.75, 3.05) is 31.3 Å². The van der Waals surface area contributed by atoms with Crippen molar-refractivity contribution < 1.29 is 9.59 Å². The van der Waals surface area contributed by atoms with E-state index < -0.39 is 5.92 Å². The zero-order valence-corrected chi connectivity index (χ0v) is 21.0. The van der Waals surface area contributed by atoms with E-state index in [1.807, 2.05) is 57.1 Å². The maximum absolute atomic E-state index is 12.8. The number of carbonyl (C=O) groups excluding carboxylic acids is 2. The number of anilines is 2. The van der Waals surface area contributed by atoms with Crippen LogP contribution in [0.5, 0.6) is 0 Å². The largest absolute Gasteiger partial charge is 0.306 e. The summed E-state index contributed by atoms with van der Waals surface area (Å²) in [5.41, 5.74) is 2.61. The van der Waals surface area contributed by atoms with E-state index >= 15 is 0 Å². The van der Waals surface area contributed by atoms with Crippen LogP contribution in [0.2, 0.25) is 0 Å². The third-order valence-corrected chi connectivity index (χ3v) is 6.29. The number of nitrogens with zero attached hydrogens (tertiary/aromatic N) is 4. The van der Waals surface area contributed by atoms with Crippen molar-refractivity contribution >= 4 is 34.1 Å². The van der Waals surface area contributed by atoms with E-state index in [9.17, 15) is 14.9 Å². The molecule has 3 aromatic rings. The van der Waals surface area contributed by atoms with E-state index in [1.165, 1.54) is 17.4 Å². The number of nitrogens with one attached hydrogen (secondary N) is 2. The normalized spacial score (nSPS) is 11.9. The zero-order chi connectivity index (χ0) is 25.4. The summed E-state index contributed by atoms with van der Waals surface area (Å²) in [5, 5.41) is 15.7. The van der Waals surface area contributed by atoms with Crippen LogP contribution >= 0.6 is 11.3 Å². The number of nitriles is 1. The highest BCUT2D eigenvalue weighted by atomic mass is 32.1. The van der Waals surface area contributed by atoms with Gasteiger partial charge >= 0.3 is 0 Å². The molecule has 2 N–H and O–H groups in total. The molecular weight excluding hydrogens is 460 g/mol. The maximum atomic E-state index is 12.8. The van der Waals surface area contributed by atoms with Crippen molar-refractivity contribution in [1.82, 2.24) is 14.9 Å². The lowest BCUT2D eigenvalue weighted by molar-refractivity contribution is -0.117. The van der Waals surface area contributed by atoms with Gasteiger partial charge < -0.3 is 15.5 Å². The molecule has 180 valence electrons. The van der Waals surface area contributed by atoms with E-state index in [1.54, 1.807) is 24.5 Å². The first-order chi connectivity index (χ1) is 16.8. The van der Waals surface area contributed by atoms with Gasteiger partial charge in [0.15, 0.2) is 10.9 Å². The van der Waals surface area contributed by atoms with Crippen LogP contribution in [0.25, 0.3) is 11.1 Å². The van der Waals surface area contributed by atoms with Crippen molar-refractivity contribution in [1.29, 1.82) is 5.26 Å². The van der Waals surface area contributed by atoms with Gasteiger partial charge in [0, 0.05) is 35.5 Å². The lowest BCUT2D eigenvalue weighted by atomic mass is 9.96. The fourth-order valence-corrected chi connectivity index (χ4v) is 3.97. The lowest BCUT2D eigenvalue weighted by Crippen LogP contribution is -2.18. The number of amides is 2. The molecule has 35 heavy (non-hydrogen) atoms. The second-order valence-corrected chi connectivity index (χ2v) is 9.32.